The quantitative estimate of drug-likeness (QED) is 0.545. The van der Waals surface area contributed by atoms with Crippen molar-refractivity contribution in [2.75, 3.05) is 0 Å². The standard InChI is InChI=1S/C11H11ClFNO/c1-6-9(13)8-7(10(12)14-6)3-4-11(8,2)5-15/h5H,3-4H2,1-2H3. The monoisotopic (exact) mass is 227 g/mol. The summed E-state index contributed by atoms with van der Waals surface area (Å²) < 4.78 is 13.9. The zero-order valence-electron chi connectivity index (χ0n) is 8.60. The first-order valence-corrected chi connectivity index (χ1v) is 5.18. The molecule has 0 N–H and O–H groups in total. The van der Waals surface area contributed by atoms with Gasteiger partial charge in [-0.25, -0.2) is 9.37 Å². The van der Waals surface area contributed by atoms with E-state index in [9.17, 15) is 9.18 Å². The zero-order valence-corrected chi connectivity index (χ0v) is 9.36. The number of fused-ring (bicyclic) bond motifs is 1. The van der Waals surface area contributed by atoms with E-state index in [1.165, 1.54) is 0 Å². The van der Waals surface area contributed by atoms with Crippen LogP contribution >= 0.6 is 11.6 Å². The molecule has 1 aromatic heterocycles. The highest BCUT2D eigenvalue weighted by molar-refractivity contribution is 6.30. The summed E-state index contributed by atoms with van der Waals surface area (Å²) in [6, 6.07) is 0. The predicted molar refractivity (Wildman–Crippen MR) is 55.7 cm³/mol. The molecule has 80 valence electrons. The molecule has 1 aromatic rings. The first-order valence-electron chi connectivity index (χ1n) is 4.81. The molecule has 0 radical (unpaired) electrons. The lowest BCUT2D eigenvalue weighted by molar-refractivity contribution is -0.112. The van der Waals surface area contributed by atoms with E-state index in [0.29, 0.717) is 29.1 Å². The van der Waals surface area contributed by atoms with Crippen LogP contribution in [0.3, 0.4) is 0 Å². The second-order valence-corrected chi connectivity index (χ2v) is 4.55. The van der Waals surface area contributed by atoms with Crippen LogP contribution in [-0.2, 0) is 16.6 Å². The van der Waals surface area contributed by atoms with Crippen molar-refractivity contribution in [1.82, 2.24) is 4.98 Å². The molecule has 0 fully saturated rings. The maximum absolute atomic E-state index is 13.9. The summed E-state index contributed by atoms with van der Waals surface area (Å²) in [5.74, 6) is -0.387. The number of aryl methyl sites for hydroxylation is 1. The highest BCUT2D eigenvalue weighted by atomic mass is 35.5. The molecular weight excluding hydrogens is 217 g/mol. The fraction of sp³-hybridized carbons (Fsp3) is 0.455. The Bertz CT molecular complexity index is 447. The highest BCUT2D eigenvalue weighted by Gasteiger charge is 2.39. The highest BCUT2D eigenvalue weighted by Crippen LogP contribution is 2.41. The minimum Gasteiger partial charge on any atom is -0.302 e. The summed E-state index contributed by atoms with van der Waals surface area (Å²) in [4.78, 5) is 15.0. The van der Waals surface area contributed by atoms with Crippen LogP contribution < -0.4 is 0 Å². The van der Waals surface area contributed by atoms with Crippen LogP contribution in [0.2, 0.25) is 5.15 Å². The first-order chi connectivity index (χ1) is 6.99. The molecule has 1 unspecified atom stereocenters. The Hall–Kier alpha value is -0.960. The van der Waals surface area contributed by atoms with E-state index in [1.807, 2.05) is 0 Å². The van der Waals surface area contributed by atoms with E-state index < -0.39 is 5.41 Å². The van der Waals surface area contributed by atoms with Gasteiger partial charge in [-0.3, -0.25) is 0 Å². The Balaban J connectivity index is 2.76. The fourth-order valence-corrected chi connectivity index (χ4v) is 2.45. The molecule has 4 heteroatoms. The van der Waals surface area contributed by atoms with E-state index in [2.05, 4.69) is 4.98 Å². The van der Waals surface area contributed by atoms with Crippen molar-refractivity contribution in [1.29, 1.82) is 0 Å². The van der Waals surface area contributed by atoms with Gasteiger partial charge in [0, 0.05) is 5.56 Å². The van der Waals surface area contributed by atoms with Crippen LogP contribution in [0.4, 0.5) is 4.39 Å². The lowest BCUT2D eigenvalue weighted by atomic mass is 9.85. The molecule has 0 amide bonds. The van der Waals surface area contributed by atoms with Crippen molar-refractivity contribution in [2.45, 2.75) is 32.1 Å². The molecule has 2 rings (SSSR count). The first kappa shape index (κ1) is 10.6. The van der Waals surface area contributed by atoms with Gasteiger partial charge >= 0.3 is 0 Å². The third kappa shape index (κ3) is 1.37. The summed E-state index contributed by atoms with van der Waals surface area (Å²) in [7, 11) is 0. The van der Waals surface area contributed by atoms with Crippen LogP contribution in [0.1, 0.15) is 30.2 Å². The van der Waals surface area contributed by atoms with Gasteiger partial charge in [-0.1, -0.05) is 11.6 Å². The van der Waals surface area contributed by atoms with E-state index in [-0.39, 0.29) is 11.5 Å². The second-order valence-electron chi connectivity index (χ2n) is 4.19. The number of aromatic nitrogens is 1. The lowest BCUT2D eigenvalue weighted by Crippen LogP contribution is -2.22. The van der Waals surface area contributed by atoms with Gasteiger partial charge in [0.25, 0.3) is 0 Å². The second kappa shape index (κ2) is 3.27. The molecule has 0 saturated heterocycles. The van der Waals surface area contributed by atoms with Crippen molar-refractivity contribution < 1.29 is 9.18 Å². The number of hydrogen-bond acceptors (Lipinski definition) is 2. The minimum absolute atomic E-state index is 0.258. The summed E-state index contributed by atoms with van der Waals surface area (Å²) in [5.41, 5.74) is 0.648. The number of carbonyl (C=O) groups excluding carboxylic acids is 1. The normalized spacial score (nSPS) is 24.0. The Labute approximate surface area is 92.5 Å². The third-order valence-corrected chi connectivity index (χ3v) is 3.39. The molecule has 0 bridgehead atoms. The van der Waals surface area contributed by atoms with Gasteiger partial charge in [-0.15, -0.1) is 0 Å². The number of rotatable bonds is 1. The molecule has 0 spiro atoms. The summed E-state index contributed by atoms with van der Waals surface area (Å²) in [5, 5.41) is 0.328. The van der Waals surface area contributed by atoms with Gasteiger partial charge in [-0.05, 0) is 32.3 Å². The SMILES string of the molecule is Cc1nc(Cl)c2c(c1F)C(C)(C=O)CC2. The topological polar surface area (TPSA) is 30.0 Å². The minimum atomic E-state index is -0.739. The number of nitrogens with zero attached hydrogens (tertiary/aromatic N) is 1. The Kier molecular flexibility index (Phi) is 2.30. The van der Waals surface area contributed by atoms with E-state index in [4.69, 9.17) is 11.6 Å². The number of aldehydes is 1. The summed E-state index contributed by atoms with van der Waals surface area (Å²) in [6.07, 6.45) is 2.03. The molecule has 0 aromatic carbocycles. The van der Waals surface area contributed by atoms with Crippen LogP contribution in [0.25, 0.3) is 0 Å². The molecule has 15 heavy (non-hydrogen) atoms. The molecule has 2 nitrogen and oxygen atoms in total. The average molecular weight is 228 g/mol. The maximum Gasteiger partial charge on any atom is 0.148 e. The van der Waals surface area contributed by atoms with Crippen LogP contribution in [-0.4, -0.2) is 11.3 Å². The number of hydrogen-bond donors (Lipinski definition) is 0. The van der Waals surface area contributed by atoms with Crippen molar-refractivity contribution in [3.05, 3.63) is 27.8 Å². The van der Waals surface area contributed by atoms with Crippen LogP contribution in [0.15, 0.2) is 0 Å². The Morgan fingerprint density at radius 2 is 2.27 bits per heavy atom. The van der Waals surface area contributed by atoms with Crippen molar-refractivity contribution in [2.24, 2.45) is 0 Å². The zero-order chi connectivity index (χ0) is 11.2. The molecule has 1 aliphatic rings. The van der Waals surface area contributed by atoms with Gasteiger partial charge in [-0.2, -0.15) is 0 Å². The van der Waals surface area contributed by atoms with E-state index in [0.717, 1.165) is 6.29 Å². The van der Waals surface area contributed by atoms with Crippen molar-refractivity contribution in [3.8, 4) is 0 Å². The molecule has 1 aliphatic carbocycles. The largest absolute Gasteiger partial charge is 0.302 e. The van der Waals surface area contributed by atoms with Gasteiger partial charge in [0.2, 0.25) is 0 Å². The van der Waals surface area contributed by atoms with Crippen LogP contribution in [0, 0.1) is 12.7 Å². The summed E-state index contributed by atoms with van der Waals surface area (Å²) >= 11 is 5.94. The van der Waals surface area contributed by atoms with Crippen LogP contribution in [0.5, 0.6) is 0 Å². The van der Waals surface area contributed by atoms with Gasteiger partial charge in [0.15, 0.2) is 0 Å². The summed E-state index contributed by atoms with van der Waals surface area (Å²) in [6.45, 7) is 3.30. The number of pyridine rings is 1. The number of carbonyl (C=O) groups is 1. The molecule has 1 atom stereocenters. The third-order valence-electron chi connectivity index (χ3n) is 3.08. The Morgan fingerprint density at radius 3 is 2.87 bits per heavy atom. The van der Waals surface area contributed by atoms with Gasteiger partial charge in [0.1, 0.15) is 17.3 Å². The number of halogens is 2. The van der Waals surface area contributed by atoms with Crippen molar-refractivity contribution >= 4 is 17.9 Å². The smallest absolute Gasteiger partial charge is 0.148 e. The maximum atomic E-state index is 13.9. The van der Waals surface area contributed by atoms with Gasteiger partial charge in [0.05, 0.1) is 11.1 Å². The molecular formula is C11H11ClFNO. The predicted octanol–water partition coefficient (Wildman–Crippen LogP) is 2.59. The lowest BCUT2D eigenvalue weighted by Gasteiger charge is -2.18. The van der Waals surface area contributed by atoms with Gasteiger partial charge < -0.3 is 4.79 Å². The fourth-order valence-electron chi connectivity index (χ4n) is 2.13. The molecule has 0 aliphatic heterocycles. The van der Waals surface area contributed by atoms with E-state index >= 15 is 0 Å². The van der Waals surface area contributed by atoms with Crippen molar-refractivity contribution in [3.63, 3.8) is 0 Å². The average Bonchev–Trinajstić information content (AvgIpc) is 2.55. The molecule has 0 saturated carbocycles. The molecule has 1 heterocycles. The Morgan fingerprint density at radius 1 is 1.60 bits per heavy atom. The van der Waals surface area contributed by atoms with E-state index in [1.54, 1.807) is 13.8 Å².